The summed E-state index contributed by atoms with van der Waals surface area (Å²) in [6.07, 6.45) is 1.67. The smallest absolute Gasteiger partial charge is 0.335 e. The van der Waals surface area contributed by atoms with Crippen molar-refractivity contribution in [3.63, 3.8) is 0 Å². The number of hydrogen-bond acceptors (Lipinski definition) is 3. The van der Waals surface area contributed by atoms with Crippen molar-refractivity contribution in [2.75, 3.05) is 0 Å². The van der Waals surface area contributed by atoms with Crippen LogP contribution in [0.4, 0.5) is 0 Å². The van der Waals surface area contributed by atoms with Crippen molar-refractivity contribution in [3.8, 4) is 11.4 Å². The van der Waals surface area contributed by atoms with Crippen LogP contribution >= 0.6 is 15.9 Å². The first-order chi connectivity index (χ1) is 8.06. The van der Waals surface area contributed by atoms with Gasteiger partial charge in [0.1, 0.15) is 4.60 Å². The normalized spacial score (nSPS) is 10.2. The third-order valence-corrected chi connectivity index (χ3v) is 2.63. The fraction of sp³-hybridized carbons (Fsp3) is 0.0833. The fourth-order valence-electron chi connectivity index (χ4n) is 1.43. The maximum Gasteiger partial charge on any atom is 0.335 e. The van der Waals surface area contributed by atoms with Crippen molar-refractivity contribution in [2.24, 2.45) is 0 Å². The number of aromatic carboxylic acids is 1. The monoisotopic (exact) mass is 292 g/mol. The quantitative estimate of drug-likeness (QED) is 0.865. The number of rotatable bonds is 2. The lowest BCUT2D eigenvalue weighted by Crippen LogP contribution is -1.99. The minimum absolute atomic E-state index is 0.185. The standard InChI is InChI=1S/C12H9BrN2O2/c1-7-2-3-14-9(4-7)10-5-8(12(16)17)6-11(13)15-10/h2-6H,1H3,(H,16,17). The van der Waals surface area contributed by atoms with Gasteiger partial charge in [0.05, 0.1) is 17.0 Å². The van der Waals surface area contributed by atoms with Crippen LogP contribution < -0.4 is 0 Å². The van der Waals surface area contributed by atoms with Crippen molar-refractivity contribution >= 4 is 21.9 Å². The highest BCUT2D eigenvalue weighted by Gasteiger charge is 2.09. The highest BCUT2D eigenvalue weighted by Crippen LogP contribution is 2.20. The number of hydrogen-bond donors (Lipinski definition) is 1. The van der Waals surface area contributed by atoms with Crippen LogP contribution in [0, 0.1) is 6.92 Å². The topological polar surface area (TPSA) is 63.1 Å². The molecule has 0 atom stereocenters. The van der Waals surface area contributed by atoms with E-state index in [1.54, 1.807) is 6.20 Å². The van der Waals surface area contributed by atoms with Crippen LogP contribution in [0.15, 0.2) is 35.1 Å². The summed E-state index contributed by atoms with van der Waals surface area (Å²) < 4.78 is 0.482. The molecule has 0 saturated carbocycles. The molecule has 2 rings (SSSR count). The lowest BCUT2D eigenvalue weighted by molar-refractivity contribution is 0.0696. The molecular formula is C12H9BrN2O2. The molecule has 0 fully saturated rings. The summed E-state index contributed by atoms with van der Waals surface area (Å²) in [6.45, 7) is 1.95. The van der Waals surface area contributed by atoms with Crippen LogP contribution in [0.25, 0.3) is 11.4 Å². The van der Waals surface area contributed by atoms with E-state index in [0.29, 0.717) is 16.0 Å². The van der Waals surface area contributed by atoms with Gasteiger partial charge in [-0.1, -0.05) is 0 Å². The molecule has 4 nitrogen and oxygen atoms in total. The second-order valence-corrected chi connectivity index (χ2v) is 4.40. The van der Waals surface area contributed by atoms with E-state index in [-0.39, 0.29) is 5.56 Å². The molecule has 17 heavy (non-hydrogen) atoms. The molecule has 2 aromatic heterocycles. The number of carboxylic acids is 1. The Hall–Kier alpha value is -1.75. The number of halogens is 1. The molecule has 0 amide bonds. The zero-order valence-electron chi connectivity index (χ0n) is 9.01. The summed E-state index contributed by atoms with van der Waals surface area (Å²) in [6, 6.07) is 6.70. The predicted octanol–water partition coefficient (Wildman–Crippen LogP) is 2.91. The maximum absolute atomic E-state index is 10.9. The minimum atomic E-state index is -0.984. The molecule has 2 heterocycles. The first-order valence-corrected chi connectivity index (χ1v) is 5.69. The number of aryl methyl sites for hydroxylation is 1. The maximum atomic E-state index is 10.9. The number of pyridine rings is 2. The number of carbonyl (C=O) groups is 1. The zero-order valence-corrected chi connectivity index (χ0v) is 10.6. The summed E-state index contributed by atoms with van der Waals surface area (Å²) in [7, 11) is 0. The second kappa shape index (κ2) is 4.63. The van der Waals surface area contributed by atoms with E-state index in [0.717, 1.165) is 5.56 Å². The lowest BCUT2D eigenvalue weighted by Gasteiger charge is -2.03. The Morgan fingerprint density at radius 2 is 2.06 bits per heavy atom. The van der Waals surface area contributed by atoms with Crippen molar-refractivity contribution in [2.45, 2.75) is 6.92 Å². The van der Waals surface area contributed by atoms with Gasteiger partial charge in [-0.2, -0.15) is 0 Å². The highest BCUT2D eigenvalue weighted by molar-refractivity contribution is 9.10. The summed E-state index contributed by atoms with van der Waals surface area (Å²) in [5, 5.41) is 8.97. The molecular weight excluding hydrogens is 284 g/mol. The van der Waals surface area contributed by atoms with Gasteiger partial charge < -0.3 is 5.11 Å². The van der Waals surface area contributed by atoms with E-state index in [1.807, 2.05) is 19.1 Å². The van der Waals surface area contributed by atoms with Crippen molar-refractivity contribution in [3.05, 3.63) is 46.2 Å². The van der Waals surface area contributed by atoms with E-state index >= 15 is 0 Å². The van der Waals surface area contributed by atoms with Crippen LogP contribution in [0.2, 0.25) is 0 Å². The molecule has 0 aliphatic heterocycles. The van der Waals surface area contributed by atoms with E-state index in [2.05, 4.69) is 25.9 Å². The molecule has 0 bridgehead atoms. The second-order valence-electron chi connectivity index (χ2n) is 3.59. The Bertz CT molecular complexity index is 584. The van der Waals surface area contributed by atoms with Gasteiger partial charge in [0, 0.05) is 6.20 Å². The third-order valence-electron chi connectivity index (χ3n) is 2.22. The molecule has 0 aliphatic rings. The molecule has 1 N–H and O–H groups in total. The number of nitrogens with zero attached hydrogens (tertiary/aromatic N) is 2. The highest BCUT2D eigenvalue weighted by atomic mass is 79.9. The first kappa shape index (κ1) is 11.7. The molecule has 0 aromatic carbocycles. The Morgan fingerprint density at radius 3 is 2.71 bits per heavy atom. The Balaban J connectivity index is 2.56. The summed E-state index contributed by atoms with van der Waals surface area (Å²) in [5.74, 6) is -0.984. The molecule has 0 spiro atoms. The van der Waals surface area contributed by atoms with Crippen molar-refractivity contribution in [1.29, 1.82) is 0 Å². The predicted molar refractivity (Wildman–Crippen MR) is 66.9 cm³/mol. The van der Waals surface area contributed by atoms with Gasteiger partial charge in [-0.3, -0.25) is 4.98 Å². The average molecular weight is 293 g/mol. The largest absolute Gasteiger partial charge is 0.478 e. The fourth-order valence-corrected chi connectivity index (χ4v) is 1.87. The van der Waals surface area contributed by atoms with Crippen LogP contribution in [-0.2, 0) is 0 Å². The molecule has 0 saturated heterocycles. The Labute approximate surface area is 106 Å². The van der Waals surface area contributed by atoms with Gasteiger partial charge >= 0.3 is 5.97 Å². The molecule has 5 heteroatoms. The van der Waals surface area contributed by atoms with Gasteiger partial charge in [-0.15, -0.1) is 0 Å². The Kier molecular flexibility index (Phi) is 3.19. The number of aromatic nitrogens is 2. The lowest BCUT2D eigenvalue weighted by atomic mass is 10.1. The van der Waals surface area contributed by atoms with Crippen LogP contribution in [0.3, 0.4) is 0 Å². The van der Waals surface area contributed by atoms with Crippen molar-refractivity contribution in [1.82, 2.24) is 9.97 Å². The van der Waals surface area contributed by atoms with Crippen LogP contribution in [0.1, 0.15) is 15.9 Å². The number of carboxylic acid groups (broad SMARTS) is 1. The molecule has 0 unspecified atom stereocenters. The van der Waals surface area contributed by atoms with Crippen LogP contribution in [0.5, 0.6) is 0 Å². The van der Waals surface area contributed by atoms with Gasteiger partial charge in [0.2, 0.25) is 0 Å². The van der Waals surface area contributed by atoms with E-state index in [4.69, 9.17) is 5.11 Å². The average Bonchev–Trinajstić information content (AvgIpc) is 2.28. The summed E-state index contributed by atoms with van der Waals surface area (Å²) in [4.78, 5) is 19.3. The van der Waals surface area contributed by atoms with Gasteiger partial charge in [0.25, 0.3) is 0 Å². The SMILES string of the molecule is Cc1ccnc(-c2cc(C(=O)O)cc(Br)n2)c1. The van der Waals surface area contributed by atoms with Gasteiger partial charge in [-0.05, 0) is 52.7 Å². The third kappa shape index (κ3) is 2.68. The van der Waals surface area contributed by atoms with Gasteiger partial charge in [-0.25, -0.2) is 9.78 Å². The summed E-state index contributed by atoms with van der Waals surface area (Å²) in [5.41, 5.74) is 2.44. The first-order valence-electron chi connectivity index (χ1n) is 4.90. The van der Waals surface area contributed by atoms with E-state index in [9.17, 15) is 4.79 Å². The summed E-state index contributed by atoms with van der Waals surface area (Å²) >= 11 is 3.19. The zero-order chi connectivity index (χ0) is 12.4. The van der Waals surface area contributed by atoms with Gasteiger partial charge in [0.15, 0.2) is 0 Å². The molecule has 0 aliphatic carbocycles. The molecule has 0 radical (unpaired) electrons. The van der Waals surface area contributed by atoms with Crippen LogP contribution in [-0.4, -0.2) is 21.0 Å². The van der Waals surface area contributed by atoms with Crippen molar-refractivity contribution < 1.29 is 9.90 Å². The minimum Gasteiger partial charge on any atom is -0.478 e. The van der Waals surface area contributed by atoms with E-state index in [1.165, 1.54) is 12.1 Å². The van der Waals surface area contributed by atoms with E-state index < -0.39 is 5.97 Å². The molecule has 2 aromatic rings. The molecule has 86 valence electrons. The Morgan fingerprint density at radius 1 is 1.29 bits per heavy atom.